The number of carboxylic acid groups (broad SMARTS) is 1. The SMILES string of the molecule is Cn1c(SCC(=O)Nc2cccc(C(=O)O)c2)nnc1-c1ccc(Cl)cc1Cl. The number of anilines is 1. The van der Waals surface area contributed by atoms with E-state index in [2.05, 4.69) is 15.5 Å². The summed E-state index contributed by atoms with van der Waals surface area (Å²) in [4.78, 5) is 23.2. The van der Waals surface area contributed by atoms with E-state index in [4.69, 9.17) is 28.3 Å². The number of aromatic nitrogens is 3. The summed E-state index contributed by atoms with van der Waals surface area (Å²) in [5, 5.41) is 21.4. The molecule has 1 amide bonds. The number of carbonyl (C=O) groups excluding carboxylic acids is 1. The smallest absolute Gasteiger partial charge is 0.335 e. The van der Waals surface area contributed by atoms with Crippen molar-refractivity contribution in [2.24, 2.45) is 7.05 Å². The maximum atomic E-state index is 12.2. The number of halogens is 2. The van der Waals surface area contributed by atoms with Gasteiger partial charge >= 0.3 is 5.97 Å². The molecule has 0 spiro atoms. The van der Waals surface area contributed by atoms with Gasteiger partial charge in [0.05, 0.1) is 16.3 Å². The van der Waals surface area contributed by atoms with Gasteiger partial charge in [-0.15, -0.1) is 10.2 Å². The molecular weight excluding hydrogens is 423 g/mol. The molecule has 10 heteroatoms. The average molecular weight is 437 g/mol. The molecule has 0 aliphatic heterocycles. The van der Waals surface area contributed by atoms with E-state index in [1.54, 1.807) is 41.9 Å². The van der Waals surface area contributed by atoms with Crippen molar-refractivity contribution in [1.29, 1.82) is 0 Å². The first-order valence-electron chi connectivity index (χ1n) is 7.96. The van der Waals surface area contributed by atoms with Crippen LogP contribution in [0.5, 0.6) is 0 Å². The Labute approximate surface area is 174 Å². The predicted molar refractivity (Wildman–Crippen MR) is 109 cm³/mol. The van der Waals surface area contributed by atoms with Crippen LogP contribution in [0.4, 0.5) is 5.69 Å². The molecule has 0 aliphatic carbocycles. The van der Waals surface area contributed by atoms with Crippen LogP contribution < -0.4 is 5.32 Å². The fourth-order valence-electron chi connectivity index (χ4n) is 2.40. The summed E-state index contributed by atoms with van der Waals surface area (Å²) in [5.74, 6) is -0.712. The van der Waals surface area contributed by atoms with E-state index < -0.39 is 5.97 Å². The Morgan fingerprint density at radius 2 is 1.96 bits per heavy atom. The lowest BCUT2D eigenvalue weighted by atomic mass is 10.2. The zero-order chi connectivity index (χ0) is 20.3. The second kappa shape index (κ2) is 8.64. The number of aromatic carboxylic acids is 1. The van der Waals surface area contributed by atoms with Gasteiger partial charge in [0.2, 0.25) is 5.91 Å². The lowest BCUT2D eigenvalue weighted by molar-refractivity contribution is -0.113. The van der Waals surface area contributed by atoms with Crippen molar-refractivity contribution in [3.05, 3.63) is 58.1 Å². The number of nitrogens with one attached hydrogen (secondary N) is 1. The molecule has 0 saturated carbocycles. The average Bonchev–Trinajstić information content (AvgIpc) is 3.01. The number of carboxylic acids is 1. The fraction of sp³-hybridized carbons (Fsp3) is 0.111. The third-order valence-corrected chi connectivity index (χ3v) is 5.30. The van der Waals surface area contributed by atoms with Gasteiger partial charge in [-0.1, -0.05) is 41.0 Å². The molecule has 28 heavy (non-hydrogen) atoms. The first kappa shape index (κ1) is 20.2. The summed E-state index contributed by atoms with van der Waals surface area (Å²) in [6, 6.07) is 11.1. The van der Waals surface area contributed by atoms with Crippen LogP contribution in [0.1, 0.15) is 10.4 Å². The molecule has 1 aromatic heterocycles. The van der Waals surface area contributed by atoms with Crippen LogP contribution in [-0.4, -0.2) is 37.5 Å². The molecule has 0 saturated heterocycles. The zero-order valence-corrected chi connectivity index (χ0v) is 16.8. The predicted octanol–water partition coefficient (Wildman–Crippen LogP) is 4.22. The monoisotopic (exact) mass is 436 g/mol. The Kier molecular flexibility index (Phi) is 6.23. The van der Waals surface area contributed by atoms with Crippen molar-refractivity contribution >= 4 is 52.5 Å². The molecule has 0 aliphatic rings. The first-order valence-corrected chi connectivity index (χ1v) is 9.70. The molecule has 2 N–H and O–H groups in total. The quantitative estimate of drug-likeness (QED) is 0.561. The van der Waals surface area contributed by atoms with Gasteiger partial charge in [0.1, 0.15) is 0 Å². The van der Waals surface area contributed by atoms with E-state index in [0.29, 0.717) is 32.3 Å². The molecule has 0 unspecified atom stereocenters. The number of amides is 1. The summed E-state index contributed by atoms with van der Waals surface area (Å²) in [6.07, 6.45) is 0. The standard InChI is InChI=1S/C18H14Cl2N4O3S/c1-24-16(13-6-5-11(19)8-14(13)20)22-23-18(24)28-9-15(25)21-12-4-2-3-10(7-12)17(26)27/h2-8H,9H2,1H3,(H,21,25)(H,26,27). The number of nitrogens with zero attached hydrogens (tertiary/aromatic N) is 3. The fourth-order valence-corrected chi connectivity index (χ4v) is 3.61. The number of carbonyl (C=O) groups is 2. The minimum absolute atomic E-state index is 0.0810. The van der Waals surface area contributed by atoms with E-state index in [1.165, 1.54) is 23.9 Å². The van der Waals surface area contributed by atoms with Crippen LogP contribution in [0.25, 0.3) is 11.4 Å². The lowest BCUT2D eigenvalue weighted by Crippen LogP contribution is -2.15. The molecular formula is C18H14Cl2N4O3S. The van der Waals surface area contributed by atoms with Gasteiger partial charge in [0, 0.05) is 23.3 Å². The molecule has 7 nitrogen and oxygen atoms in total. The van der Waals surface area contributed by atoms with E-state index in [1.807, 2.05) is 0 Å². The largest absolute Gasteiger partial charge is 0.478 e. The third-order valence-electron chi connectivity index (χ3n) is 3.73. The van der Waals surface area contributed by atoms with Gasteiger partial charge in [-0.25, -0.2) is 4.79 Å². The molecule has 0 fully saturated rings. The Morgan fingerprint density at radius 1 is 1.18 bits per heavy atom. The van der Waals surface area contributed by atoms with Crippen LogP contribution in [-0.2, 0) is 11.8 Å². The maximum Gasteiger partial charge on any atom is 0.335 e. The molecule has 3 rings (SSSR count). The van der Waals surface area contributed by atoms with Gasteiger partial charge < -0.3 is 15.0 Å². The number of rotatable bonds is 6. The minimum atomic E-state index is -1.06. The molecule has 144 valence electrons. The summed E-state index contributed by atoms with van der Waals surface area (Å²) in [5.41, 5.74) is 1.20. The van der Waals surface area contributed by atoms with E-state index in [9.17, 15) is 9.59 Å². The maximum absolute atomic E-state index is 12.2. The first-order chi connectivity index (χ1) is 13.3. The Hall–Kier alpha value is -2.55. The van der Waals surface area contributed by atoms with Crippen molar-refractivity contribution in [2.45, 2.75) is 5.16 Å². The summed E-state index contributed by atoms with van der Waals surface area (Å²) in [7, 11) is 1.77. The number of hydrogen-bond acceptors (Lipinski definition) is 5. The Morgan fingerprint density at radius 3 is 2.68 bits per heavy atom. The van der Waals surface area contributed by atoms with Crippen LogP contribution in [0.2, 0.25) is 10.0 Å². The molecule has 1 heterocycles. The normalized spacial score (nSPS) is 10.7. The Bertz CT molecular complexity index is 1060. The van der Waals surface area contributed by atoms with Crippen LogP contribution >= 0.6 is 35.0 Å². The molecule has 3 aromatic rings. The van der Waals surface area contributed by atoms with Gasteiger partial charge in [-0.3, -0.25) is 4.79 Å². The number of hydrogen-bond donors (Lipinski definition) is 2. The van der Waals surface area contributed by atoms with E-state index >= 15 is 0 Å². The van der Waals surface area contributed by atoms with Crippen molar-refractivity contribution in [2.75, 3.05) is 11.1 Å². The zero-order valence-electron chi connectivity index (χ0n) is 14.5. The van der Waals surface area contributed by atoms with E-state index in [-0.39, 0.29) is 17.2 Å². The van der Waals surface area contributed by atoms with Crippen LogP contribution in [0.15, 0.2) is 47.6 Å². The van der Waals surface area contributed by atoms with Crippen molar-refractivity contribution in [3.8, 4) is 11.4 Å². The van der Waals surface area contributed by atoms with E-state index in [0.717, 1.165) is 0 Å². The highest BCUT2D eigenvalue weighted by Crippen LogP contribution is 2.30. The molecule has 0 bridgehead atoms. The lowest BCUT2D eigenvalue weighted by Gasteiger charge is -2.07. The summed E-state index contributed by atoms with van der Waals surface area (Å²) in [6.45, 7) is 0. The highest BCUT2D eigenvalue weighted by atomic mass is 35.5. The molecule has 2 aromatic carbocycles. The highest BCUT2D eigenvalue weighted by Gasteiger charge is 2.15. The van der Waals surface area contributed by atoms with Crippen LogP contribution in [0.3, 0.4) is 0 Å². The highest BCUT2D eigenvalue weighted by molar-refractivity contribution is 7.99. The molecule has 0 radical (unpaired) electrons. The van der Waals surface area contributed by atoms with Gasteiger partial charge in [0.15, 0.2) is 11.0 Å². The second-order valence-electron chi connectivity index (χ2n) is 5.71. The summed E-state index contributed by atoms with van der Waals surface area (Å²) < 4.78 is 1.73. The third kappa shape index (κ3) is 4.64. The van der Waals surface area contributed by atoms with Crippen molar-refractivity contribution in [3.63, 3.8) is 0 Å². The number of thioether (sulfide) groups is 1. The van der Waals surface area contributed by atoms with Crippen molar-refractivity contribution < 1.29 is 14.7 Å². The van der Waals surface area contributed by atoms with Crippen LogP contribution in [0, 0.1) is 0 Å². The van der Waals surface area contributed by atoms with Crippen molar-refractivity contribution in [1.82, 2.24) is 14.8 Å². The molecule has 0 atom stereocenters. The summed E-state index contributed by atoms with van der Waals surface area (Å²) >= 11 is 13.3. The topological polar surface area (TPSA) is 97.1 Å². The number of benzene rings is 2. The Balaban J connectivity index is 1.67. The second-order valence-corrected chi connectivity index (χ2v) is 7.50. The minimum Gasteiger partial charge on any atom is -0.478 e. The van der Waals surface area contributed by atoms with Gasteiger partial charge in [-0.2, -0.15) is 0 Å². The van der Waals surface area contributed by atoms with Gasteiger partial charge in [-0.05, 0) is 36.4 Å². The van der Waals surface area contributed by atoms with Gasteiger partial charge in [0.25, 0.3) is 0 Å².